The molecule has 2 aromatic carbocycles. The predicted molar refractivity (Wildman–Crippen MR) is 126 cm³/mol. The van der Waals surface area contributed by atoms with Gasteiger partial charge in [0.25, 0.3) is 0 Å². The van der Waals surface area contributed by atoms with Gasteiger partial charge in [-0.1, -0.05) is 35.9 Å². The van der Waals surface area contributed by atoms with Crippen LogP contribution in [0.5, 0.6) is 0 Å². The number of nitrogens with two attached hydrogens (primary N) is 1. The highest BCUT2D eigenvalue weighted by Gasteiger charge is 2.45. The quantitative estimate of drug-likeness (QED) is 0.575. The van der Waals surface area contributed by atoms with E-state index < -0.39 is 22.0 Å². The van der Waals surface area contributed by atoms with Crippen molar-refractivity contribution in [3.8, 4) is 0 Å². The first-order valence-electron chi connectivity index (χ1n) is 10.0. The third-order valence-electron chi connectivity index (χ3n) is 5.37. The van der Waals surface area contributed by atoms with Crippen LogP contribution in [0.25, 0.3) is 0 Å². The summed E-state index contributed by atoms with van der Waals surface area (Å²) in [5.74, 6) is -1.32. The molecule has 0 radical (unpaired) electrons. The van der Waals surface area contributed by atoms with Gasteiger partial charge >= 0.3 is 0 Å². The summed E-state index contributed by atoms with van der Waals surface area (Å²) in [7, 11) is -3.69. The number of carbonyl (C=O) groups excluding carboxylic acids is 2. The zero-order valence-corrected chi connectivity index (χ0v) is 19.0. The van der Waals surface area contributed by atoms with E-state index in [1.807, 2.05) is 48.7 Å². The largest absolute Gasteiger partial charge is 0.326 e. The molecule has 9 heteroatoms. The van der Waals surface area contributed by atoms with E-state index in [-0.39, 0.29) is 24.0 Å². The minimum Gasteiger partial charge on any atom is -0.326 e. The molecule has 2 atom stereocenters. The molecular formula is C23H23N3O4S2. The average Bonchev–Trinajstić information content (AvgIpc) is 3.35. The molecule has 166 valence electrons. The lowest BCUT2D eigenvalue weighted by Gasteiger charge is -2.27. The summed E-state index contributed by atoms with van der Waals surface area (Å²) in [6.07, 6.45) is 0.0825. The van der Waals surface area contributed by atoms with Crippen LogP contribution in [0.3, 0.4) is 0 Å². The van der Waals surface area contributed by atoms with Crippen LogP contribution < -0.4 is 15.4 Å². The first-order chi connectivity index (χ1) is 15.2. The topological polar surface area (TPSA) is 110 Å². The molecule has 1 fully saturated rings. The van der Waals surface area contributed by atoms with Crippen LogP contribution in [0.1, 0.15) is 28.5 Å². The number of anilines is 2. The number of amides is 2. The second kappa shape index (κ2) is 8.85. The number of aryl methyl sites for hydroxylation is 1. The number of hydrogen-bond acceptors (Lipinski definition) is 5. The number of rotatable bonds is 6. The first kappa shape index (κ1) is 22.2. The number of benzene rings is 2. The summed E-state index contributed by atoms with van der Waals surface area (Å²) in [6.45, 7) is 1.98. The number of carbonyl (C=O) groups is 2. The maximum atomic E-state index is 13.3. The molecule has 32 heavy (non-hydrogen) atoms. The van der Waals surface area contributed by atoms with Crippen LogP contribution in [0.2, 0.25) is 0 Å². The van der Waals surface area contributed by atoms with Crippen molar-refractivity contribution in [1.29, 1.82) is 0 Å². The van der Waals surface area contributed by atoms with Crippen molar-refractivity contribution in [1.82, 2.24) is 0 Å². The Balaban J connectivity index is 1.62. The smallest absolute Gasteiger partial charge is 0.230 e. The third-order valence-corrected chi connectivity index (χ3v) is 7.05. The second-order valence-electron chi connectivity index (χ2n) is 7.87. The van der Waals surface area contributed by atoms with E-state index in [1.165, 1.54) is 11.3 Å². The summed E-state index contributed by atoms with van der Waals surface area (Å²) < 4.78 is 22.8. The van der Waals surface area contributed by atoms with Crippen LogP contribution in [0.15, 0.2) is 66.0 Å². The second-order valence-corrected chi connectivity index (χ2v) is 10.5. The van der Waals surface area contributed by atoms with Gasteiger partial charge < -0.3 is 10.2 Å². The molecule has 1 aliphatic heterocycles. The third kappa shape index (κ3) is 4.90. The Hall–Kier alpha value is -3.01. The molecule has 2 amide bonds. The number of nitrogens with zero attached hydrogens (tertiary/aromatic N) is 1. The molecule has 3 aromatic rings. The zero-order chi connectivity index (χ0) is 22.9. The number of hydrogen-bond donors (Lipinski definition) is 2. The van der Waals surface area contributed by atoms with E-state index in [0.29, 0.717) is 11.3 Å². The molecule has 1 aliphatic rings. The van der Waals surface area contributed by atoms with Crippen molar-refractivity contribution < 1.29 is 18.0 Å². The standard InChI is InChI=1S/C23H23N3O4S2/c1-15-7-9-18(10-8-15)26-21(27)13-19(22(26)20-6-3-11-31-20)23(28)25-17-5-2-4-16(12-17)14-32(24,29)30/h2-12,19,22H,13-14H2,1H3,(H,25,28)(H2,24,29,30). The average molecular weight is 470 g/mol. The van der Waals surface area contributed by atoms with E-state index in [4.69, 9.17) is 5.14 Å². The predicted octanol–water partition coefficient (Wildman–Crippen LogP) is 3.58. The summed E-state index contributed by atoms with van der Waals surface area (Å²) in [5, 5.41) is 9.91. The fraction of sp³-hybridized carbons (Fsp3) is 0.217. The van der Waals surface area contributed by atoms with E-state index in [0.717, 1.165) is 16.1 Å². The van der Waals surface area contributed by atoms with Crippen LogP contribution >= 0.6 is 11.3 Å². The summed E-state index contributed by atoms with van der Waals surface area (Å²) in [4.78, 5) is 28.9. The van der Waals surface area contributed by atoms with Gasteiger partial charge in [0.05, 0.1) is 17.7 Å². The fourth-order valence-corrected chi connectivity index (χ4v) is 5.50. The Bertz CT molecular complexity index is 1240. The minimum absolute atomic E-state index is 0.0825. The highest BCUT2D eigenvalue weighted by molar-refractivity contribution is 7.88. The van der Waals surface area contributed by atoms with Gasteiger partial charge in [-0.2, -0.15) is 0 Å². The van der Waals surface area contributed by atoms with Crippen LogP contribution in [-0.4, -0.2) is 20.2 Å². The van der Waals surface area contributed by atoms with Gasteiger partial charge in [0.1, 0.15) is 0 Å². The van der Waals surface area contributed by atoms with Gasteiger partial charge in [0.15, 0.2) is 0 Å². The van der Waals surface area contributed by atoms with Gasteiger partial charge in [-0.15, -0.1) is 11.3 Å². The van der Waals surface area contributed by atoms with E-state index >= 15 is 0 Å². The van der Waals surface area contributed by atoms with Gasteiger partial charge in [-0.25, -0.2) is 13.6 Å². The van der Waals surface area contributed by atoms with Crippen LogP contribution in [-0.2, 0) is 25.4 Å². The maximum absolute atomic E-state index is 13.3. The molecule has 2 unspecified atom stereocenters. The Morgan fingerprint density at radius 3 is 2.56 bits per heavy atom. The summed E-state index contributed by atoms with van der Waals surface area (Å²) in [5.41, 5.74) is 2.78. The molecule has 0 bridgehead atoms. The van der Waals surface area contributed by atoms with E-state index in [9.17, 15) is 18.0 Å². The SMILES string of the molecule is Cc1ccc(N2C(=O)CC(C(=O)Nc3cccc(CS(N)(=O)=O)c3)C2c2cccs2)cc1. The summed E-state index contributed by atoms with van der Waals surface area (Å²) in [6, 6.07) is 17.6. The van der Waals surface area contributed by atoms with Crippen LogP contribution in [0.4, 0.5) is 11.4 Å². The molecule has 0 spiro atoms. The van der Waals surface area contributed by atoms with Gasteiger partial charge in [0, 0.05) is 22.7 Å². The Labute approximate surface area is 190 Å². The minimum atomic E-state index is -3.69. The molecular weight excluding hydrogens is 446 g/mol. The first-order valence-corrected chi connectivity index (χ1v) is 12.6. The summed E-state index contributed by atoms with van der Waals surface area (Å²) >= 11 is 1.51. The lowest BCUT2D eigenvalue weighted by atomic mass is 9.97. The van der Waals surface area contributed by atoms with Crippen molar-refractivity contribution in [2.45, 2.75) is 25.1 Å². The molecule has 1 aromatic heterocycles. The van der Waals surface area contributed by atoms with Crippen molar-refractivity contribution in [2.24, 2.45) is 11.1 Å². The molecule has 7 nitrogen and oxygen atoms in total. The molecule has 1 saturated heterocycles. The molecule has 2 heterocycles. The number of thiophene rings is 1. The van der Waals surface area contributed by atoms with Gasteiger partial charge in [0.2, 0.25) is 21.8 Å². The van der Waals surface area contributed by atoms with Gasteiger partial charge in [-0.05, 0) is 48.2 Å². The fourth-order valence-electron chi connectivity index (χ4n) is 3.97. The zero-order valence-electron chi connectivity index (χ0n) is 17.4. The molecule has 3 N–H and O–H groups in total. The molecule has 4 rings (SSSR count). The van der Waals surface area contributed by atoms with Crippen molar-refractivity contribution in [3.63, 3.8) is 0 Å². The Morgan fingerprint density at radius 1 is 1.16 bits per heavy atom. The van der Waals surface area contributed by atoms with Crippen LogP contribution in [0, 0.1) is 12.8 Å². The van der Waals surface area contributed by atoms with E-state index in [2.05, 4.69) is 5.32 Å². The Kier molecular flexibility index (Phi) is 6.14. The molecule has 0 aliphatic carbocycles. The van der Waals surface area contributed by atoms with Gasteiger partial charge in [-0.3, -0.25) is 9.59 Å². The van der Waals surface area contributed by atoms with Crippen molar-refractivity contribution in [2.75, 3.05) is 10.2 Å². The maximum Gasteiger partial charge on any atom is 0.230 e. The monoisotopic (exact) mass is 469 g/mol. The van der Waals surface area contributed by atoms with Crippen molar-refractivity contribution >= 4 is 44.5 Å². The van der Waals surface area contributed by atoms with Crippen molar-refractivity contribution in [3.05, 3.63) is 82.0 Å². The number of sulfonamides is 1. The van der Waals surface area contributed by atoms with E-state index in [1.54, 1.807) is 29.2 Å². The number of primary sulfonamides is 1. The highest BCUT2D eigenvalue weighted by atomic mass is 32.2. The highest BCUT2D eigenvalue weighted by Crippen LogP contribution is 2.43. The molecule has 0 saturated carbocycles. The number of nitrogens with one attached hydrogen (secondary N) is 1. The lowest BCUT2D eigenvalue weighted by Crippen LogP contribution is -2.32. The Morgan fingerprint density at radius 2 is 1.91 bits per heavy atom. The normalized spacial score (nSPS) is 18.7. The lowest BCUT2D eigenvalue weighted by molar-refractivity contribution is -0.122.